The van der Waals surface area contributed by atoms with E-state index >= 15 is 0 Å². The van der Waals surface area contributed by atoms with Gasteiger partial charge in [0.1, 0.15) is 6.04 Å². The summed E-state index contributed by atoms with van der Waals surface area (Å²) in [4.78, 5) is 40.3. The van der Waals surface area contributed by atoms with Crippen LogP contribution in [0.25, 0.3) is 0 Å². The van der Waals surface area contributed by atoms with E-state index in [1.54, 1.807) is 24.3 Å². The van der Waals surface area contributed by atoms with Gasteiger partial charge in [-0.2, -0.15) is 0 Å². The molecule has 3 atom stereocenters. The van der Waals surface area contributed by atoms with E-state index in [-0.39, 0.29) is 30.7 Å². The standard InChI is InChI=1S/C19H25ClN4O3/c1-12(21)13-3-2-10-23(11-13)17(25)9-8-16-18(26)24(19(27)22-16)15-6-4-14(20)5-7-15/h4-7,12-13,16H,2-3,8-11,21H2,1H3,(H,22,27)/t12-,13+,16-/m0/s1. The van der Waals surface area contributed by atoms with Crippen molar-refractivity contribution in [3.63, 3.8) is 0 Å². The molecule has 1 aromatic rings. The van der Waals surface area contributed by atoms with Crippen LogP contribution in [0.15, 0.2) is 24.3 Å². The highest BCUT2D eigenvalue weighted by atomic mass is 35.5. The highest BCUT2D eigenvalue weighted by Gasteiger charge is 2.39. The summed E-state index contributed by atoms with van der Waals surface area (Å²) in [5, 5.41) is 3.19. The molecule has 3 rings (SSSR count). The van der Waals surface area contributed by atoms with Crippen molar-refractivity contribution >= 4 is 35.1 Å². The van der Waals surface area contributed by atoms with Crippen LogP contribution < -0.4 is 16.0 Å². The number of hydrogen-bond donors (Lipinski definition) is 2. The Morgan fingerprint density at radius 1 is 1.33 bits per heavy atom. The Labute approximate surface area is 163 Å². The molecule has 0 saturated carbocycles. The Morgan fingerprint density at radius 3 is 2.70 bits per heavy atom. The summed E-state index contributed by atoms with van der Waals surface area (Å²) in [7, 11) is 0. The van der Waals surface area contributed by atoms with Gasteiger partial charge in [-0.05, 0) is 56.4 Å². The molecule has 0 radical (unpaired) electrons. The number of piperidine rings is 1. The molecule has 146 valence electrons. The van der Waals surface area contributed by atoms with Crippen molar-refractivity contribution in [1.82, 2.24) is 10.2 Å². The van der Waals surface area contributed by atoms with Crippen LogP contribution in [0.2, 0.25) is 5.02 Å². The molecule has 2 aliphatic rings. The molecular weight excluding hydrogens is 368 g/mol. The smallest absolute Gasteiger partial charge is 0.329 e. The van der Waals surface area contributed by atoms with E-state index < -0.39 is 12.1 Å². The predicted octanol–water partition coefficient (Wildman–Crippen LogP) is 2.13. The molecule has 0 bridgehead atoms. The first-order valence-corrected chi connectivity index (χ1v) is 9.68. The summed E-state index contributed by atoms with van der Waals surface area (Å²) in [6.07, 6.45) is 2.49. The fourth-order valence-electron chi connectivity index (χ4n) is 3.65. The van der Waals surface area contributed by atoms with E-state index in [0.717, 1.165) is 24.3 Å². The van der Waals surface area contributed by atoms with Crippen LogP contribution in [-0.2, 0) is 9.59 Å². The molecule has 3 N–H and O–H groups in total. The summed E-state index contributed by atoms with van der Waals surface area (Å²) in [6.45, 7) is 3.36. The monoisotopic (exact) mass is 392 g/mol. The first-order chi connectivity index (χ1) is 12.9. The van der Waals surface area contributed by atoms with Crippen LogP contribution >= 0.6 is 11.6 Å². The molecule has 4 amide bonds. The molecule has 2 saturated heterocycles. The molecule has 2 aliphatic heterocycles. The van der Waals surface area contributed by atoms with E-state index in [2.05, 4.69) is 5.32 Å². The van der Waals surface area contributed by atoms with Gasteiger partial charge in [0.15, 0.2) is 0 Å². The maximum absolute atomic E-state index is 12.6. The van der Waals surface area contributed by atoms with Crippen LogP contribution in [0.5, 0.6) is 0 Å². The second-order valence-corrected chi connectivity index (χ2v) is 7.73. The average molecular weight is 393 g/mol. The third-order valence-electron chi connectivity index (χ3n) is 5.31. The molecule has 0 unspecified atom stereocenters. The Balaban J connectivity index is 1.57. The minimum Gasteiger partial charge on any atom is -0.342 e. The van der Waals surface area contributed by atoms with Gasteiger partial charge in [-0.15, -0.1) is 0 Å². The number of nitrogens with zero attached hydrogens (tertiary/aromatic N) is 2. The lowest BCUT2D eigenvalue weighted by Crippen LogP contribution is -2.45. The fourth-order valence-corrected chi connectivity index (χ4v) is 3.78. The van der Waals surface area contributed by atoms with Crippen LogP contribution in [0.3, 0.4) is 0 Å². The molecule has 1 aromatic carbocycles. The second kappa shape index (κ2) is 8.27. The van der Waals surface area contributed by atoms with Crippen LogP contribution in [0, 0.1) is 5.92 Å². The lowest BCUT2D eigenvalue weighted by molar-refractivity contribution is -0.133. The number of benzene rings is 1. The van der Waals surface area contributed by atoms with Crippen LogP contribution in [-0.4, -0.2) is 47.9 Å². The highest BCUT2D eigenvalue weighted by molar-refractivity contribution is 6.30. The van der Waals surface area contributed by atoms with Crippen molar-refractivity contribution in [2.45, 2.75) is 44.7 Å². The zero-order valence-electron chi connectivity index (χ0n) is 15.4. The normalized spacial score (nSPS) is 24.1. The molecule has 8 heteroatoms. The lowest BCUT2D eigenvalue weighted by Gasteiger charge is -2.34. The van der Waals surface area contributed by atoms with E-state index in [4.69, 9.17) is 17.3 Å². The largest absolute Gasteiger partial charge is 0.342 e. The SMILES string of the molecule is C[C@H](N)[C@@H]1CCCN(C(=O)CC[C@@H]2NC(=O)N(c3ccc(Cl)cc3)C2=O)C1. The zero-order chi connectivity index (χ0) is 19.6. The van der Waals surface area contributed by atoms with Gasteiger partial charge >= 0.3 is 6.03 Å². The summed E-state index contributed by atoms with van der Waals surface area (Å²) in [5.41, 5.74) is 6.44. The van der Waals surface area contributed by atoms with Gasteiger partial charge in [0, 0.05) is 30.6 Å². The lowest BCUT2D eigenvalue weighted by atomic mass is 9.92. The predicted molar refractivity (Wildman–Crippen MR) is 103 cm³/mol. The summed E-state index contributed by atoms with van der Waals surface area (Å²) in [6, 6.07) is 5.38. The number of anilines is 1. The van der Waals surface area contributed by atoms with Crippen molar-refractivity contribution in [1.29, 1.82) is 0 Å². The molecular formula is C19H25ClN4O3. The van der Waals surface area contributed by atoms with Gasteiger partial charge < -0.3 is 16.0 Å². The second-order valence-electron chi connectivity index (χ2n) is 7.29. The summed E-state index contributed by atoms with van der Waals surface area (Å²) < 4.78 is 0. The maximum Gasteiger partial charge on any atom is 0.329 e. The maximum atomic E-state index is 12.6. The van der Waals surface area contributed by atoms with Crippen molar-refractivity contribution in [2.24, 2.45) is 11.7 Å². The van der Waals surface area contributed by atoms with Crippen LogP contribution in [0.1, 0.15) is 32.6 Å². The topological polar surface area (TPSA) is 95.7 Å². The number of imide groups is 1. The van der Waals surface area contributed by atoms with E-state index in [1.807, 2.05) is 11.8 Å². The number of rotatable bonds is 5. The number of carbonyl (C=O) groups excluding carboxylic acids is 3. The van der Waals surface area contributed by atoms with Crippen LogP contribution in [0.4, 0.5) is 10.5 Å². The Hall–Kier alpha value is -2.12. The summed E-state index contributed by atoms with van der Waals surface area (Å²) in [5.74, 6) is -0.0227. The number of carbonyl (C=O) groups is 3. The Morgan fingerprint density at radius 2 is 2.04 bits per heavy atom. The van der Waals surface area contributed by atoms with Gasteiger partial charge in [-0.3, -0.25) is 9.59 Å². The minimum absolute atomic E-state index is 0.00680. The minimum atomic E-state index is -0.689. The van der Waals surface area contributed by atoms with Gasteiger partial charge in [-0.25, -0.2) is 9.69 Å². The Bertz CT molecular complexity index is 722. The number of amides is 4. The van der Waals surface area contributed by atoms with Gasteiger partial charge in [0.05, 0.1) is 5.69 Å². The first kappa shape index (κ1) is 19.6. The van der Waals surface area contributed by atoms with E-state index in [9.17, 15) is 14.4 Å². The molecule has 27 heavy (non-hydrogen) atoms. The number of urea groups is 1. The summed E-state index contributed by atoms with van der Waals surface area (Å²) >= 11 is 5.85. The fraction of sp³-hybridized carbons (Fsp3) is 0.526. The quantitative estimate of drug-likeness (QED) is 0.750. The van der Waals surface area contributed by atoms with Crippen molar-refractivity contribution in [2.75, 3.05) is 18.0 Å². The number of hydrogen-bond acceptors (Lipinski definition) is 4. The highest BCUT2D eigenvalue weighted by Crippen LogP contribution is 2.24. The molecule has 2 fully saturated rings. The van der Waals surface area contributed by atoms with Crippen molar-refractivity contribution < 1.29 is 14.4 Å². The zero-order valence-corrected chi connectivity index (χ0v) is 16.1. The van der Waals surface area contributed by atoms with E-state index in [0.29, 0.717) is 23.2 Å². The van der Waals surface area contributed by atoms with E-state index in [1.165, 1.54) is 0 Å². The number of nitrogens with two attached hydrogens (primary N) is 1. The molecule has 0 aromatic heterocycles. The van der Waals surface area contributed by atoms with Crippen molar-refractivity contribution in [3.05, 3.63) is 29.3 Å². The molecule has 0 aliphatic carbocycles. The Kier molecular flexibility index (Phi) is 6.01. The number of halogens is 1. The molecule has 0 spiro atoms. The average Bonchev–Trinajstić information content (AvgIpc) is 2.94. The van der Waals surface area contributed by atoms with Gasteiger partial charge in [0.25, 0.3) is 5.91 Å². The molecule has 2 heterocycles. The number of nitrogens with one attached hydrogen (secondary N) is 1. The third kappa shape index (κ3) is 4.42. The van der Waals surface area contributed by atoms with Crippen molar-refractivity contribution in [3.8, 4) is 0 Å². The third-order valence-corrected chi connectivity index (χ3v) is 5.56. The molecule has 7 nitrogen and oxygen atoms in total. The first-order valence-electron chi connectivity index (χ1n) is 9.30. The van der Waals surface area contributed by atoms with Gasteiger partial charge in [-0.1, -0.05) is 11.6 Å². The van der Waals surface area contributed by atoms with Gasteiger partial charge in [0.2, 0.25) is 5.91 Å². The number of likely N-dealkylation sites (tertiary alicyclic amines) is 1.